The van der Waals surface area contributed by atoms with Crippen molar-refractivity contribution in [3.05, 3.63) is 81.9 Å². The van der Waals surface area contributed by atoms with E-state index in [2.05, 4.69) is 6.92 Å². The predicted molar refractivity (Wildman–Crippen MR) is 149 cm³/mol. The topological polar surface area (TPSA) is 99.1 Å². The van der Waals surface area contributed by atoms with Gasteiger partial charge in [-0.2, -0.15) is 0 Å². The molecule has 0 amide bonds. The van der Waals surface area contributed by atoms with E-state index in [9.17, 15) is 19.5 Å². The molecular formula is C31H32O7S. The van der Waals surface area contributed by atoms with Gasteiger partial charge in [0.15, 0.2) is 5.78 Å². The highest BCUT2D eigenvalue weighted by atomic mass is 32.2. The summed E-state index contributed by atoms with van der Waals surface area (Å²) in [6.45, 7) is 5.68. The Hall–Kier alpha value is -3.62. The van der Waals surface area contributed by atoms with Gasteiger partial charge in [0.25, 0.3) is 0 Å². The third-order valence-electron chi connectivity index (χ3n) is 6.57. The minimum atomic E-state index is -0.621. The number of methoxy groups -OCH3 is 1. The monoisotopic (exact) mass is 548 g/mol. The Morgan fingerprint density at radius 3 is 2.05 bits per heavy atom. The van der Waals surface area contributed by atoms with Gasteiger partial charge in [-0.25, -0.2) is 9.59 Å². The Morgan fingerprint density at radius 2 is 1.41 bits per heavy atom. The number of aliphatic hydroxyl groups excluding tert-OH is 1. The average molecular weight is 549 g/mol. The quantitative estimate of drug-likeness (QED) is 0.236. The number of esters is 2. The molecule has 0 bridgehead atoms. The fourth-order valence-corrected chi connectivity index (χ4v) is 5.70. The number of aryl methyl sites for hydroxylation is 2. The molecule has 0 aromatic heterocycles. The summed E-state index contributed by atoms with van der Waals surface area (Å²) in [6, 6.07) is 13.3. The lowest BCUT2D eigenvalue weighted by Crippen LogP contribution is -2.14. The number of benzene rings is 3. The molecule has 0 radical (unpaired) electrons. The van der Waals surface area contributed by atoms with Crippen LogP contribution in [0.3, 0.4) is 0 Å². The molecule has 0 spiro atoms. The largest absolute Gasteiger partial charge is 0.496 e. The zero-order valence-electron chi connectivity index (χ0n) is 22.5. The van der Waals surface area contributed by atoms with Gasteiger partial charge in [0, 0.05) is 0 Å². The van der Waals surface area contributed by atoms with Crippen LogP contribution in [0.1, 0.15) is 81.4 Å². The Labute approximate surface area is 232 Å². The molecule has 8 heteroatoms. The number of hydrogen-bond acceptors (Lipinski definition) is 8. The van der Waals surface area contributed by atoms with Gasteiger partial charge in [0.2, 0.25) is 0 Å². The first-order valence-corrected chi connectivity index (χ1v) is 13.9. The standard InChI is InChI=1S/C31H32O7S/c1-5-7-19-9-11-21(15-23(19)17-32)30(34)38-25-14-13-24(27-28(33)18(3)39-29(25)27)37-31(35)22-12-10-20(8-6-2)26(16-22)36-4/h9-16,18,32H,5-8,17H2,1-4H3. The summed E-state index contributed by atoms with van der Waals surface area (Å²) in [6.07, 6.45) is 3.47. The number of ether oxygens (including phenoxy) is 3. The normalized spacial score (nSPS) is 14.2. The highest BCUT2D eigenvalue weighted by Crippen LogP contribution is 2.47. The molecule has 1 unspecified atom stereocenters. The fourth-order valence-electron chi connectivity index (χ4n) is 4.57. The van der Waals surface area contributed by atoms with E-state index in [1.54, 1.807) is 38.3 Å². The number of Topliss-reactive ketones (excluding diaryl/α,β-unsaturated/α-hetero) is 1. The van der Waals surface area contributed by atoms with Crippen LogP contribution in [0.2, 0.25) is 0 Å². The van der Waals surface area contributed by atoms with Gasteiger partial charge in [0.1, 0.15) is 17.2 Å². The Balaban J connectivity index is 1.60. The predicted octanol–water partition coefficient (Wildman–Crippen LogP) is 6.21. The summed E-state index contributed by atoms with van der Waals surface area (Å²) in [4.78, 5) is 39.5. The molecule has 3 aromatic carbocycles. The molecule has 204 valence electrons. The van der Waals surface area contributed by atoms with E-state index in [0.29, 0.717) is 27.3 Å². The van der Waals surface area contributed by atoms with Gasteiger partial charge >= 0.3 is 11.9 Å². The van der Waals surface area contributed by atoms with E-state index >= 15 is 0 Å². The molecule has 7 nitrogen and oxygen atoms in total. The first-order valence-electron chi connectivity index (χ1n) is 13.0. The van der Waals surface area contributed by atoms with Gasteiger partial charge in [-0.05, 0) is 72.9 Å². The van der Waals surface area contributed by atoms with E-state index < -0.39 is 17.2 Å². The number of ketones is 1. The maximum atomic E-state index is 13.0. The second-order valence-electron chi connectivity index (χ2n) is 9.34. The van der Waals surface area contributed by atoms with E-state index in [4.69, 9.17) is 14.2 Å². The number of fused-ring (bicyclic) bond motifs is 1. The average Bonchev–Trinajstić information content (AvgIpc) is 3.25. The maximum absolute atomic E-state index is 13.0. The van der Waals surface area contributed by atoms with E-state index in [0.717, 1.165) is 36.8 Å². The number of hydrogen-bond donors (Lipinski definition) is 1. The lowest BCUT2D eigenvalue weighted by Gasteiger charge is -2.14. The van der Waals surface area contributed by atoms with Crippen LogP contribution in [0.15, 0.2) is 53.4 Å². The molecule has 4 rings (SSSR count). The lowest BCUT2D eigenvalue weighted by atomic mass is 10.0. The minimum Gasteiger partial charge on any atom is -0.496 e. The Bertz CT molecular complexity index is 1410. The van der Waals surface area contributed by atoms with Gasteiger partial charge in [-0.15, -0.1) is 11.8 Å². The molecule has 0 fully saturated rings. The molecule has 0 aliphatic carbocycles. The number of carbonyl (C=O) groups excluding carboxylic acids is 3. The maximum Gasteiger partial charge on any atom is 0.343 e. The van der Waals surface area contributed by atoms with Gasteiger partial charge in [-0.1, -0.05) is 38.8 Å². The van der Waals surface area contributed by atoms with Crippen molar-refractivity contribution in [2.75, 3.05) is 7.11 Å². The van der Waals surface area contributed by atoms with Crippen molar-refractivity contribution in [2.24, 2.45) is 0 Å². The van der Waals surface area contributed by atoms with Crippen molar-refractivity contribution in [3.8, 4) is 17.2 Å². The summed E-state index contributed by atoms with van der Waals surface area (Å²) in [5.74, 6) is -0.508. The molecule has 0 saturated heterocycles. The number of aliphatic hydroxyl groups is 1. The second-order valence-corrected chi connectivity index (χ2v) is 10.7. The molecular weight excluding hydrogens is 516 g/mol. The molecule has 1 heterocycles. The van der Waals surface area contributed by atoms with Crippen LogP contribution < -0.4 is 14.2 Å². The van der Waals surface area contributed by atoms with Crippen LogP contribution in [0.4, 0.5) is 0 Å². The Kier molecular flexibility index (Phi) is 9.09. The fraction of sp³-hybridized carbons (Fsp3) is 0.323. The summed E-state index contributed by atoms with van der Waals surface area (Å²) < 4.78 is 16.8. The van der Waals surface area contributed by atoms with Crippen molar-refractivity contribution >= 4 is 29.5 Å². The molecule has 1 atom stereocenters. The van der Waals surface area contributed by atoms with E-state index in [1.165, 1.54) is 23.9 Å². The van der Waals surface area contributed by atoms with Gasteiger partial charge < -0.3 is 19.3 Å². The smallest absolute Gasteiger partial charge is 0.343 e. The van der Waals surface area contributed by atoms with Gasteiger partial charge in [-0.3, -0.25) is 4.79 Å². The molecule has 1 aliphatic rings. The van der Waals surface area contributed by atoms with Crippen molar-refractivity contribution in [1.29, 1.82) is 0 Å². The lowest BCUT2D eigenvalue weighted by molar-refractivity contribution is 0.0712. The van der Waals surface area contributed by atoms with Crippen LogP contribution in [0, 0.1) is 0 Å². The van der Waals surface area contributed by atoms with Crippen molar-refractivity contribution in [1.82, 2.24) is 0 Å². The van der Waals surface area contributed by atoms with Crippen molar-refractivity contribution in [3.63, 3.8) is 0 Å². The molecule has 0 saturated carbocycles. The third-order valence-corrected chi connectivity index (χ3v) is 7.78. The van der Waals surface area contributed by atoms with Crippen LogP contribution in [0.25, 0.3) is 0 Å². The highest BCUT2D eigenvalue weighted by molar-refractivity contribution is 8.01. The van der Waals surface area contributed by atoms with E-state index in [1.807, 2.05) is 19.1 Å². The zero-order chi connectivity index (χ0) is 28.1. The van der Waals surface area contributed by atoms with Crippen molar-refractivity contribution < 1.29 is 33.7 Å². The molecule has 1 aliphatic heterocycles. The Morgan fingerprint density at radius 1 is 0.821 bits per heavy atom. The number of rotatable bonds is 10. The first-order chi connectivity index (χ1) is 18.8. The van der Waals surface area contributed by atoms with Crippen LogP contribution in [-0.4, -0.2) is 35.2 Å². The van der Waals surface area contributed by atoms with Crippen molar-refractivity contribution in [2.45, 2.75) is 63.2 Å². The van der Waals surface area contributed by atoms with Crippen LogP contribution in [-0.2, 0) is 19.4 Å². The highest BCUT2D eigenvalue weighted by Gasteiger charge is 2.35. The molecule has 39 heavy (non-hydrogen) atoms. The summed E-state index contributed by atoms with van der Waals surface area (Å²) in [5.41, 5.74) is 3.47. The second kappa shape index (κ2) is 12.5. The van der Waals surface area contributed by atoms with Crippen LogP contribution >= 0.6 is 11.8 Å². The number of thioether (sulfide) groups is 1. The summed E-state index contributed by atoms with van der Waals surface area (Å²) in [5, 5.41) is 9.31. The molecule has 1 N–H and O–H groups in total. The first kappa shape index (κ1) is 28.4. The minimum absolute atomic E-state index is 0.111. The summed E-state index contributed by atoms with van der Waals surface area (Å²) in [7, 11) is 1.55. The SMILES string of the molecule is CCCc1ccc(C(=O)Oc2ccc(OC(=O)c3ccc(CCC)c(OC)c3)c3c2SC(C)C3=O)cc1CO. The number of carbonyl (C=O) groups is 3. The van der Waals surface area contributed by atoms with Gasteiger partial charge in [0.05, 0.1) is 40.6 Å². The zero-order valence-corrected chi connectivity index (χ0v) is 23.4. The van der Waals surface area contributed by atoms with Crippen LogP contribution in [0.5, 0.6) is 17.2 Å². The summed E-state index contributed by atoms with van der Waals surface area (Å²) >= 11 is 1.25. The molecule has 3 aromatic rings. The third kappa shape index (κ3) is 6.02. The van der Waals surface area contributed by atoms with E-state index in [-0.39, 0.29) is 29.5 Å².